The van der Waals surface area contributed by atoms with Crippen molar-refractivity contribution in [2.24, 2.45) is 0 Å². The Morgan fingerprint density at radius 3 is 2.81 bits per heavy atom. The monoisotopic (exact) mass is 349 g/mol. The molecule has 1 amide bonds. The van der Waals surface area contributed by atoms with Crippen LogP contribution < -0.4 is 5.32 Å². The average molecular weight is 349 g/mol. The number of nitro benzene ring substituents is 1. The van der Waals surface area contributed by atoms with Gasteiger partial charge in [-0.05, 0) is 48.9 Å². The van der Waals surface area contributed by atoms with Crippen LogP contribution in [0.15, 0.2) is 65.2 Å². The van der Waals surface area contributed by atoms with E-state index in [0.717, 1.165) is 5.56 Å². The molecule has 0 bridgehead atoms. The number of hydrogen-bond donors (Lipinski definition) is 1. The first-order valence-electron chi connectivity index (χ1n) is 7.78. The highest BCUT2D eigenvalue weighted by atomic mass is 16.6. The highest BCUT2D eigenvalue weighted by Gasteiger charge is 2.16. The van der Waals surface area contributed by atoms with Crippen LogP contribution in [0, 0.1) is 17.0 Å². The Bertz CT molecular complexity index is 992. The zero-order valence-corrected chi connectivity index (χ0v) is 13.9. The van der Waals surface area contributed by atoms with Crippen LogP contribution in [0.4, 0.5) is 11.5 Å². The zero-order valence-electron chi connectivity index (χ0n) is 13.9. The predicted octanol–water partition coefficient (Wildman–Crippen LogP) is 4.21. The van der Waals surface area contributed by atoms with Gasteiger partial charge in [0.15, 0.2) is 0 Å². The molecule has 0 aliphatic heterocycles. The molecule has 0 atom stereocenters. The number of pyridine rings is 1. The first-order valence-corrected chi connectivity index (χ1v) is 7.78. The van der Waals surface area contributed by atoms with Gasteiger partial charge in [-0.3, -0.25) is 14.9 Å². The van der Waals surface area contributed by atoms with E-state index < -0.39 is 4.92 Å². The standard InChI is InChI=1S/C19H15N3O4/c1-13-10-11-20-18(12-13)21-19(23)9-7-14-6-8-17(26-14)15-4-2-3-5-16(15)22(24)25/h2-12H,1H3,(H,20,21,23). The Balaban J connectivity index is 1.73. The van der Waals surface area contributed by atoms with E-state index >= 15 is 0 Å². The zero-order chi connectivity index (χ0) is 18.5. The SMILES string of the molecule is Cc1ccnc(NC(=O)C=Cc2ccc(-c3ccccc3[N+](=O)[O-])o2)c1. The lowest BCUT2D eigenvalue weighted by atomic mass is 10.1. The quantitative estimate of drug-likeness (QED) is 0.423. The molecule has 0 radical (unpaired) electrons. The number of nitrogens with zero attached hydrogens (tertiary/aromatic N) is 2. The van der Waals surface area contributed by atoms with Crippen LogP contribution in [0.25, 0.3) is 17.4 Å². The van der Waals surface area contributed by atoms with Gasteiger partial charge in [0.1, 0.15) is 17.3 Å². The molecule has 3 aromatic rings. The van der Waals surface area contributed by atoms with Gasteiger partial charge in [0.2, 0.25) is 5.91 Å². The summed E-state index contributed by atoms with van der Waals surface area (Å²) in [6.07, 6.45) is 4.41. The number of aryl methyl sites for hydroxylation is 1. The van der Waals surface area contributed by atoms with E-state index in [1.807, 2.05) is 13.0 Å². The van der Waals surface area contributed by atoms with E-state index in [-0.39, 0.29) is 11.6 Å². The Morgan fingerprint density at radius 2 is 2.04 bits per heavy atom. The summed E-state index contributed by atoms with van der Waals surface area (Å²) in [5, 5.41) is 13.8. The third kappa shape index (κ3) is 4.02. The van der Waals surface area contributed by atoms with Gasteiger partial charge in [-0.1, -0.05) is 12.1 Å². The van der Waals surface area contributed by atoms with Crippen LogP contribution in [0.5, 0.6) is 0 Å². The number of carbonyl (C=O) groups excluding carboxylic acids is 1. The molecule has 3 rings (SSSR count). The van der Waals surface area contributed by atoms with Crippen LogP contribution in [0.2, 0.25) is 0 Å². The smallest absolute Gasteiger partial charge is 0.280 e. The molecule has 7 nitrogen and oxygen atoms in total. The topological polar surface area (TPSA) is 98.3 Å². The van der Waals surface area contributed by atoms with Crippen LogP contribution in [0.3, 0.4) is 0 Å². The second-order valence-corrected chi connectivity index (χ2v) is 5.52. The van der Waals surface area contributed by atoms with E-state index in [1.165, 1.54) is 18.2 Å². The third-order valence-corrected chi connectivity index (χ3v) is 3.56. The van der Waals surface area contributed by atoms with Crippen molar-refractivity contribution in [1.82, 2.24) is 4.98 Å². The van der Waals surface area contributed by atoms with Gasteiger partial charge in [0.25, 0.3) is 5.69 Å². The average Bonchev–Trinajstić information content (AvgIpc) is 3.09. The van der Waals surface area contributed by atoms with Crippen molar-refractivity contribution in [2.45, 2.75) is 6.92 Å². The molecule has 0 saturated carbocycles. The predicted molar refractivity (Wildman–Crippen MR) is 97.4 cm³/mol. The molecule has 0 aliphatic rings. The Labute approximate surface area is 149 Å². The summed E-state index contributed by atoms with van der Waals surface area (Å²) in [6.45, 7) is 1.90. The molecule has 1 aromatic carbocycles. The number of benzene rings is 1. The molecule has 0 saturated heterocycles. The first-order chi connectivity index (χ1) is 12.5. The summed E-state index contributed by atoms with van der Waals surface area (Å²) >= 11 is 0. The molecule has 2 heterocycles. The van der Waals surface area contributed by atoms with Gasteiger partial charge in [-0.15, -0.1) is 0 Å². The molecule has 1 N–H and O–H groups in total. The summed E-state index contributed by atoms with van der Waals surface area (Å²) < 4.78 is 5.59. The number of nitrogens with one attached hydrogen (secondary N) is 1. The molecule has 0 aliphatic carbocycles. The summed E-state index contributed by atoms with van der Waals surface area (Å²) in [5.41, 5.74) is 1.32. The minimum Gasteiger partial charge on any atom is -0.456 e. The minimum absolute atomic E-state index is 0.0411. The summed E-state index contributed by atoms with van der Waals surface area (Å²) in [4.78, 5) is 26.6. The maximum atomic E-state index is 11.9. The van der Waals surface area contributed by atoms with Crippen molar-refractivity contribution in [2.75, 3.05) is 5.32 Å². The number of furan rings is 1. The summed E-state index contributed by atoms with van der Waals surface area (Å²) in [6, 6.07) is 13.2. The third-order valence-electron chi connectivity index (χ3n) is 3.56. The van der Waals surface area contributed by atoms with E-state index in [9.17, 15) is 14.9 Å². The fourth-order valence-electron chi connectivity index (χ4n) is 2.36. The molecule has 7 heteroatoms. The van der Waals surface area contributed by atoms with Crippen LogP contribution in [-0.4, -0.2) is 15.8 Å². The van der Waals surface area contributed by atoms with Crippen LogP contribution >= 0.6 is 0 Å². The number of amides is 1. The fourth-order valence-corrected chi connectivity index (χ4v) is 2.36. The van der Waals surface area contributed by atoms with E-state index in [0.29, 0.717) is 22.9 Å². The molecular formula is C19H15N3O4. The summed E-state index contributed by atoms with van der Waals surface area (Å²) in [7, 11) is 0. The molecule has 26 heavy (non-hydrogen) atoms. The summed E-state index contributed by atoms with van der Waals surface area (Å²) in [5.74, 6) is 0.870. The lowest BCUT2D eigenvalue weighted by molar-refractivity contribution is -0.384. The number of hydrogen-bond acceptors (Lipinski definition) is 5. The molecular weight excluding hydrogens is 334 g/mol. The second-order valence-electron chi connectivity index (χ2n) is 5.52. The Kier molecular flexibility index (Phi) is 4.89. The van der Waals surface area contributed by atoms with Crippen molar-refractivity contribution in [3.8, 4) is 11.3 Å². The van der Waals surface area contributed by atoms with Crippen molar-refractivity contribution in [3.63, 3.8) is 0 Å². The van der Waals surface area contributed by atoms with Crippen molar-refractivity contribution in [1.29, 1.82) is 0 Å². The number of nitro groups is 1. The lowest BCUT2D eigenvalue weighted by Crippen LogP contribution is -2.09. The number of para-hydroxylation sites is 1. The largest absolute Gasteiger partial charge is 0.456 e. The number of rotatable bonds is 5. The van der Waals surface area contributed by atoms with Crippen LogP contribution in [-0.2, 0) is 4.79 Å². The second kappa shape index (κ2) is 7.43. The normalized spacial score (nSPS) is 10.8. The highest BCUT2D eigenvalue weighted by molar-refractivity contribution is 6.01. The number of aromatic nitrogens is 1. The van der Waals surface area contributed by atoms with E-state index in [1.54, 1.807) is 42.6 Å². The van der Waals surface area contributed by atoms with Gasteiger partial charge >= 0.3 is 0 Å². The molecule has 130 valence electrons. The van der Waals surface area contributed by atoms with Crippen molar-refractivity contribution >= 4 is 23.5 Å². The van der Waals surface area contributed by atoms with Gasteiger partial charge < -0.3 is 9.73 Å². The van der Waals surface area contributed by atoms with E-state index in [4.69, 9.17) is 4.42 Å². The van der Waals surface area contributed by atoms with E-state index in [2.05, 4.69) is 10.3 Å². The Hall–Kier alpha value is -3.74. The number of carbonyl (C=O) groups is 1. The maximum absolute atomic E-state index is 11.9. The van der Waals surface area contributed by atoms with Gasteiger partial charge in [-0.2, -0.15) is 0 Å². The van der Waals surface area contributed by atoms with Gasteiger partial charge in [0, 0.05) is 18.3 Å². The minimum atomic E-state index is -0.463. The van der Waals surface area contributed by atoms with Gasteiger partial charge in [0.05, 0.1) is 10.5 Å². The van der Waals surface area contributed by atoms with Gasteiger partial charge in [-0.25, -0.2) is 4.98 Å². The highest BCUT2D eigenvalue weighted by Crippen LogP contribution is 2.31. The fraction of sp³-hybridized carbons (Fsp3) is 0.0526. The molecule has 0 fully saturated rings. The Morgan fingerprint density at radius 1 is 1.23 bits per heavy atom. The molecule has 0 spiro atoms. The molecule has 2 aromatic heterocycles. The lowest BCUT2D eigenvalue weighted by Gasteiger charge is -2.01. The van der Waals surface area contributed by atoms with Crippen molar-refractivity contribution in [3.05, 3.63) is 82.2 Å². The molecule has 0 unspecified atom stereocenters. The maximum Gasteiger partial charge on any atom is 0.280 e. The van der Waals surface area contributed by atoms with Crippen LogP contribution in [0.1, 0.15) is 11.3 Å². The number of anilines is 1. The van der Waals surface area contributed by atoms with Crippen molar-refractivity contribution < 1.29 is 14.1 Å². The first kappa shape index (κ1) is 17.1.